The van der Waals surface area contributed by atoms with Gasteiger partial charge < -0.3 is 19.3 Å². The van der Waals surface area contributed by atoms with Gasteiger partial charge in [0.2, 0.25) is 5.95 Å². The van der Waals surface area contributed by atoms with Crippen molar-refractivity contribution in [2.75, 3.05) is 19.5 Å². The van der Waals surface area contributed by atoms with Gasteiger partial charge in [-0.2, -0.15) is 9.97 Å². The Bertz CT molecular complexity index is 451. The van der Waals surface area contributed by atoms with Gasteiger partial charge in [0.15, 0.2) is 0 Å². The summed E-state index contributed by atoms with van der Waals surface area (Å²) in [4.78, 5) is 11.9. The van der Waals surface area contributed by atoms with E-state index in [1.165, 1.54) is 20.5 Å². The Morgan fingerprint density at radius 2 is 1.88 bits per heavy atom. The Kier molecular flexibility index (Phi) is 3.34. The molecular weight excluding hydrogens is 226 g/mol. The Morgan fingerprint density at radius 3 is 2.41 bits per heavy atom. The first-order valence-corrected chi connectivity index (χ1v) is 4.79. The molecule has 0 bridgehead atoms. The molecular formula is C9H11N5O3. The lowest BCUT2D eigenvalue weighted by atomic mass is 10.4. The van der Waals surface area contributed by atoms with Gasteiger partial charge in [0.05, 0.1) is 20.8 Å². The van der Waals surface area contributed by atoms with Crippen molar-refractivity contribution in [1.82, 2.24) is 20.1 Å². The van der Waals surface area contributed by atoms with Crippen LogP contribution < -0.4 is 14.8 Å². The molecule has 2 aromatic heterocycles. The van der Waals surface area contributed by atoms with E-state index in [0.29, 0.717) is 12.5 Å². The van der Waals surface area contributed by atoms with Crippen molar-refractivity contribution in [2.45, 2.75) is 6.54 Å². The molecule has 8 nitrogen and oxygen atoms in total. The molecule has 1 N–H and O–H groups in total. The van der Waals surface area contributed by atoms with Gasteiger partial charge in [0.1, 0.15) is 12.0 Å². The summed E-state index contributed by atoms with van der Waals surface area (Å²) in [6, 6.07) is 2.10. The summed E-state index contributed by atoms with van der Waals surface area (Å²) < 4.78 is 14.5. The number of nitrogens with zero attached hydrogens (tertiary/aromatic N) is 4. The second-order valence-electron chi connectivity index (χ2n) is 2.98. The van der Waals surface area contributed by atoms with Crippen LogP contribution in [0.3, 0.4) is 0 Å². The van der Waals surface area contributed by atoms with Crippen LogP contribution in [0.4, 0.5) is 5.95 Å². The number of methoxy groups -OCH3 is 2. The van der Waals surface area contributed by atoms with Crippen LogP contribution in [0.2, 0.25) is 0 Å². The highest BCUT2D eigenvalue weighted by Crippen LogP contribution is 2.12. The predicted molar refractivity (Wildman–Crippen MR) is 56.8 cm³/mol. The van der Waals surface area contributed by atoms with Gasteiger partial charge in [0.25, 0.3) is 0 Å². The minimum Gasteiger partial charge on any atom is -0.467 e. The second kappa shape index (κ2) is 5.10. The molecule has 2 aromatic rings. The van der Waals surface area contributed by atoms with Crippen LogP contribution in [-0.4, -0.2) is 34.3 Å². The maximum atomic E-state index is 4.92. The molecule has 0 spiro atoms. The first kappa shape index (κ1) is 11.1. The zero-order chi connectivity index (χ0) is 12.1. The van der Waals surface area contributed by atoms with Gasteiger partial charge in [-0.25, -0.2) is 0 Å². The highest BCUT2D eigenvalue weighted by Gasteiger charge is 2.07. The molecule has 0 atom stereocenters. The molecule has 0 aliphatic heterocycles. The van der Waals surface area contributed by atoms with E-state index in [1.807, 2.05) is 0 Å². The Labute approximate surface area is 97.0 Å². The lowest BCUT2D eigenvalue weighted by molar-refractivity contribution is 0.341. The molecule has 2 heterocycles. The topological polar surface area (TPSA) is 95.2 Å². The van der Waals surface area contributed by atoms with Crippen LogP contribution in [0.1, 0.15) is 5.69 Å². The number of hydrogen-bond donors (Lipinski definition) is 1. The van der Waals surface area contributed by atoms with Gasteiger partial charge in [-0.15, -0.1) is 4.98 Å². The molecule has 90 valence electrons. The van der Waals surface area contributed by atoms with E-state index in [9.17, 15) is 0 Å². The first-order valence-electron chi connectivity index (χ1n) is 4.79. The molecule has 0 saturated carbocycles. The minimum absolute atomic E-state index is 0.180. The van der Waals surface area contributed by atoms with E-state index in [1.54, 1.807) is 6.07 Å². The monoisotopic (exact) mass is 237 g/mol. The smallest absolute Gasteiger partial charge is 0.324 e. The molecule has 2 rings (SSSR count). The van der Waals surface area contributed by atoms with Crippen molar-refractivity contribution in [1.29, 1.82) is 0 Å². The Balaban J connectivity index is 2.09. The number of aromatic nitrogens is 4. The number of nitrogens with one attached hydrogen (secondary N) is 1. The largest absolute Gasteiger partial charge is 0.467 e. The van der Waals surface area contributed by atoms with Crippen LogP contribution in [0, 0.1) is 0 Å². The summed E-state index contributed by atoms with van der Waals surface area (Å²) in [6.07, 6.45) is 1.49. The molecule has 0 aliphatic rings. The SMILES string of the molecule is COc1nc(NCc2ccon2)nc(OC)n1. The summed E-state index contributed by atoms with van der Waals surface area (Å²) >= 11 is 0. The zero-order valence-corrected chi connectivity index (χ0v) is 9.38. The maximum absolute atomic E-state index is 4.92. The van der Waals surface area contributed by atoms with Crippen LogP contribution in [0.15, 0.2) is 16.9 Å². The van der Waals surface area contributed by atoms with Crippen molar-refractivity contribution in [2.24, 2.45) is 0 Å². The van der Waals surface area contributed by atoms with Gasteiger partial charge in [-0.3, -0.25) is 0 Å². The van der Waals surface area contributed by atoms with E-state index < -0.39 is 0 Å². The summed E-state index contributed by atoms with van der Waals surface area (Å²) in [7, 11) is 2.94. The highest BCUT2D eigenvalue weighted by atomic mass is 16.5. The fraction of sp³-hybridized carbons (Fsp3) is 0.333. The molecule has 8 heteroatoms. The normalized spacial score (nSPS) is 10.0. The fourth-order valence-corrected chi connectivity index (χ4v) is 1.10. The van der Waals surface area contributed by atoms with E-state index in [-0.39, 0.29) is 12.0 Å². The van der Waals surface area contributed by atoms with Crippen LogP contribution >= 0.6 is 0 Å². The number of rotatable bonds is 5. The molecule has 0 radical (unpaired) electrons. The quantitative estimate of drug-likeness (QED) is 0.802. The van der Waals surface area contributed by atoms with Crippen LogP contribution in [0.5, 0.6) is 12.0 Å². The zero-order valence-electron chi connectivity index (χ0n) is 9.38. The van der Waals surface area contributed by atoms with Gasteiger partial charge in [-0.05, 0) is 0 Å². The van der Waals surface area contributed by atoms with E-state index >= 15 is 0 Å². The average Bonchev–Trinajstić information content (AvgIpc) is 2.89. The van der Waals surface area contributed by atoms with E-state index in [0.717, 1.165) is 5.69 Å². The number of hydrogen-bond acceptors (Lipinski definition) is 8. The molecule has 17 heavy (non-hydrogen) atoms. The van der Waals surface area contributed by atoms with Crippen LogP contribution in [0.25, 0.3) is 0 Å². The Morgan fingerprint density at radius 1 is 1.18 bits per heavy atom. The highest BCUT2D eigenvalue weighted by molar-refractivity contribution is 5.28. The van der Waals surface area contributed by atoms with Crippen molar-refractivity contribution in [3.63, 3.8) is 0 Å². The van der Waals surface area contributed by atoms with Crippen molar-refractivity contribution < 1.29 is 14.0 Å². The third kappa shape index (κ3) is 2.80. The molecule has 0 aliphatic carbocycles. The lowest BCUT2D eigenvalue weighted by Crippen LogP contribution is -2.07. The van der Waals surface area contributed by atoms with Gasteiger partial charge in [0, 0.05) is 6.07 Å². The van der Waals surface area contributed by atoms with Crippen molar-refractivity contribution in [3.05, 3.63) is 18.0 Å². The lowest BCUT2D eigenvalue weighted by Gasteiger charge is -2.05. The predicted octanol–water partition coefficient (Wildman–Crippen LogP) is 0.489. The fourth-order valence-electron chi connectivity index (χ4n) is 1.10. The summed E-state index contributed by atoms with van der Waals surface area (Å²) in [5.41, 5.74) is 0.739. The molecule has 0 aromatic carbocycles. The number of ether oxygens (including phenoxy) is 2. The van der Waals surface area contributed by atoms with Crippen molar-refractivity contribution >= 4 is 5.95 Å². The third-order valence-electron chi connectivity index (χ3n) is 1.88. The van der Waals surface area contributed by atoms with E-state index in [2.05, 4.69) is 25.4 Å². The third-order valence-corrected chi connectivity index (χ3v) is 1.88. The molecule has 0 fully saturated rings. The Hall–Kier alpha value is -2.38. The summed E-state index contributed by atoms with van der Waals surface area (Å²) in [5.74, 6) is 0.344. The van der Waals surface area contributed by atoms with E-state index in [4.69, 9.17) is 14.0 Å². The first-order chi connectivity index (χ1) is 8.31. The maximum Gasteiger partial charge on any atom is 0.324 e. The van der Waals surface area contributed by atoms with Crippen molar-refractivity contribution in [3.8, 4) is 12.0 Å². The molecule has 0 saturated heterocycles. The molecule has 0 amide bonds. The number of anilines is 1. The molecule has 0 unspecified atom stereocenters. The van der Waals surface area contributed by atoms with Crippen LogP contribution in [-0.2, 0) is 6.54 Å². The average molecular weight is 237 g/mol. The van der Waals surface area contributed by atoms with Gasteiger partial charge >= 0.3 is 12.0 Å². The summed E-state index contributed by atoms with van der Waals surface area (Å²) in [5, 5.41) is 6.70. The summed E-state index contributed by atoms with van der Waals surface area (Å²) in [6.45, 7) is 0.437. The van der Waals surface area contributed by atoms with Gasteiger partial charge in [-0.1, -0.05) is 5.16 Å². The second-order valence-corrected chi connectivity index (χ2v) is 2.98. The standard InChI is InChI=1S/C9H11N5O3/c1-15-8-11-7(12-9(13-8)16-2)10-5-6-3-4-17-14-6/h3-4H,5H2,1-2H3,(H,10,11,12,13). The minimum atomic E-state index is 0.180.